The number of amides is 2. The maximum atomic E-state index is 12.3. The fraction of sp³-hybridized carbons (Fsp3) is 0.385. The molecule has 0 bridgehead atoms. The first kappa shape index (κ1) is 25.0. The maximum absolute atomic E-state index is 12.3. The molecule has 1 N–H and O–H groups in total. The van der Waals surface area contributed by atoms with E-state index in [2.05, 4.69) is 12.2 Å². The Hall–Kier alpha value is -3.28. The minimum absolute atomic E-state index is 0.0178. The molecule has 0 aliphatic rings. The summed E-state index contributed by atoms with van der Waals surface area (Å²) < 4.78 is 11.1. The van der Waals surface area contributed by atoms with Crippen molar-refractivity contribution >= 4 is 17.9 Å². The molecule has 6 nitrogen and oxygen atoms in total. The fourth-order valence-corrected chi connectivity index (χ4v) is 2.86. The lowest BCUT2D eigenvalue weighted by molar-refractivity contribution is -0.116. The van der Waals surface area contributed by atoms with Gasteiger partial charge in [-0.3, -0.25) is 9.59 Å². The minimum atomic E-state index is -0.202. The van der Waals surface area contributed by atoms with Gasteiger partial charge in [-0.05, 0) is 61.7 Å². The summed E-state index contributed by atoms with van der Waals surface area (Å²) in [7, 11) is 3.39. The van der Waals surface area contributed by atoms with Crippen LogP contribution in [0.25, 0.3) is 6.08 Å². The number of nitrogens with one attached hydrogen (secondary N) is 1. The van der Waals surface area contributed by atoms with E-state index in [1.54, 1.807) is 37.3 Å². The molecule has 2 aromatic rings. The number of hydrogen-bond acceptors (Lipinski definition) is 4. The van der Waals surface area contributed by atoms with Crippen LogP contribution in [0.1, 0.15) is 55.1 Å². The summed E-state index contributed by atoms with van der Waals surface area (Å²) in [4.78, 5) is 26.3. The smallest absolute Gasteiger partial charge is 0.253 e. The van der Waals surface area contributed by atoms with Crippen molar-refractivity contribution in [1.29, 1.82) is 0 Å². The fourth-order valence-electron chi connectivity index (χ4n) is 2.86. The van der Waals surface area contributed by atoms with Gasteiger partial charge in [0.2, 0.25) is 5.91 Å². The van der Waals surface area contributed by atoms with Gasteiger partial charge >= 0.3 is 0 Å². The molecule has 0 aromatic heterocycles. The van der Waals surface area contributed by atoms with E-state index < -0.39 is 0 Å². The molecular formula is C26H34N2O4. The highest BCUT2D eigenvalue weighted by Gasteiger charge is 2.14. The van der Waals surface area contributed by atoms with E-state index in [0.29, 0.717) is 30.2 Å². The van der Waals surface area contributed by atoms with Crippen LogP contribution in [0.4, 0.5) is 0 Å². The van der Waals surface area contributed by atoms with Gasteiger partial charge in [-0.25, -0.2) is 0 Å². The average Bonchev–Trinajstić information content (AvgIpc) is 2.81. The molecule has 0 aliphatic heterocycles. The second-order valence-electron chi connectivity index (χ2n) is 7.87. The summed E-state index contributed by atoms with van der Waals surface area (Å²) in [5.41, 5.74) is 2.40. The van der Waals surface area contributed by atoms with Gasteiger partial charge in [0, 0.05) is 31.3 Å². The van der Waals surface area contributed by atoms with Gasteiger partial charge in [0.1, 0.15) is 0 Å². The minimum Gasteiger partial charge on any atom is -0.493 e. The molecule has 0 unspecified atom stereocenters. The Bertz CT molecular complexity index is 920. The highest BCUT2D eigenvalue weighted by Crippen LogP contribution is 2.28. The Morgan fingerprint density at radius 3 is 2.44 bits per heavy atom. The number of ether oxygens (including phenoxy) is 2. The van der Waals surface area contributed by atoms with Crippen molar-refractivity contribution < 1.29 is 19.1 Å². The molecule has 2 rings (SSSR count). The van der Waals surface area contributed by atoms with Gasteiger partial charge in [0.25, 0.3) is 5.91 Å². The van der Waals surface area contributed by atoms with E-state index in [1.807, 2.05) is 44.2 Å². The standard InChI is InChI=1S/C26H34N2O4/c1-6-7-16-32-23-14-10-20(17-24(23)31-5)11-15-25(29)27-18-21-8-12-22(13-9-21)26(30)28(4)19(2)3/h8-15,17,19H,6-7,16,18H2,1-5H3,(H,27,29)/b15-11+. The third-order valence-corrected chi connectivity index (χ3v) is 5.13. The summed E-state index contributed by atoms with van der Waals surface area (Å²) in [6, 6.07) is 13.0. The predicted octanol–water partition coefficient (Wildman–Crippen LogP) is 4.68. The number of carbonyl (C=O) groups is 2. The molecule has 0 saturated carbocycles. The number of carbonyl (C=O) groups excluding carboxylic acids is 2. The zero-order valence-electron chi connectivity index (χ0n) is 19.7. The number of nitrogens with zero attached hydrogens (tertiary/aromatic N) is 1. The molecule has 6 heteroatoms. The highest BCUT2D eigenvalue weighted by atomic mass is 16.5. The lowest BCUT2D eigenvalue weighted by Gasteiger charge is -2.21. The van der Waals surface area contributed by atoms with Gasteiger partial charge < -0.3 is 19.7 Å². The van der Waals surface area contributed by atoms with E-state index >= 15 is 0 Å². The molecule has 0 atom stereocenters. The average molecular weight is 439 g/mol. The third-order valence-electron chi connectivity index (χ3n) is 5.13. The summed E-state index contributed by atoms with van der Waals surface area (Å²) in [5.74, 6) is 1.12. The van der Waals surface area contributed by atoms with Crippen LogP contribution in [-0.4, -0.2) is 43.5 Å². The molecule has 0 saturated heterocycles. The van der Waals surface area contributed by atoms with Crippen molar-refractivity contribution in [2.45, 2.75) is 46.2 Å². The molecule has 0 radical (unpaired) electrons. The Kier molecular flexibility index (Phi) is 9.79. The third kappa shape index (κ3) is 7.45. The van der Waals surface area contributed by atoms with Crippen molar-refractivity contribution in [3.63, 3.8) is 0 Å². The van der Waals surface area contributed by atoms with E-state index in [-0.39, 0.29) is 17.9 Å². The topological polar surface area (TPSA) is 67.9 Å². The van der Waals surface area contributed by atoms with Gasteiger partial charge in [0.15, 0.2) is 11.5 Å². The molecule has 2 aromatic carbocycles. The van der Waals surface area contributed by atoms with E-state index in [1.165, 1.54) is 6.08 Å². The molecule has 2 amide bonds. The first-order chi connectivity index (χ1) is 15.3. The monoisotopic (exact) mass is 438 g/mol. The van der Waals surface area contributed by atoms with Crippen LogP contribution in [-0.2, 0) is 11.3 Å². The number of unbranched alkanes of at least 4 members (excludes halogenated alkanes) is 1. The molecule has 0 heterocycles. The predicted molar refractivity (Wildman–Crippen MR) is 128 cm³/mol. The highest BCUT2D eigenvalue weighted by molar-refractivity contribution is 5.94. The first-order valence-corrected chi connectivity index (χ1v) is 11.0. The Labute approximate surface area is 191 Å². The van der Waals surface area contributed by atoms with Gasteiger partial charge in [-0.2, -0.15) is 0 Å². The molecule has 0 spiro atoms. The van der Waals surface area contributed by atoms with Crippen LogP contribution in [0.15, 0.2) is 48.5 Å². The normalized spacial score (nSPS) is 10.9. The Morgan fingerprint density at radius 1 is 1.09 bits per heavy atom. The van der Waals surface area contributed by atoms with Gasteiger partial charge in [0.05, 0.1) is 13.7 Å². The number of hydrogen-bond donors (Lipinski definition) is 1. The molecule has 0 fully saturated rings. The lowest BCUT2D eigenvalue weighted by atomic mass is 10.1. The second-order valence-corrected chi connectivity index (χ2v) is 7.87. The Morgan fingerprint density at radius 2 is 1.81 bits per heavy atom. The first-order valence-electron chi connectivity index (χ1n) is 11.0. The zero-order chi connectivity index (χ0) is 23.5. The van der Waals surface area contributed by atoms with Crippen LogP contribution in [0, 0.1) is 0 Å². The van der Waals surface area contributed by atoms with Crippen molar-refractivity contribution in [2.75, 3.05) is 20.8 Å². The summed E-state index contributed by atoms with van der Waals surface area (Å²) in [5, 5.41) is 2.86. The van der Waals surface area contributed by atoms with E-state index in [9.17, 15) is 9.59 Å². The van der Waals surface area contributed by atoms with E-state index in [0.717, 1.165) is 24.0 Å². The number of rotatable bonds is 11. The van der Waals surface area contributed by atoms with Crippen molar-refractivity contribution in [3.8, 4) is 11.5 Å². The van der Waals surface area contributed by atoms with Gasteiger partial charge in [-0.15, -0.1) is 0 Å². The Balaban J connectivity index is 1.90. The number of methoxy groups -OCH3 is 1. The second kappa shape index (κ2) is 12.5. The van der Waals surface area contributed by atoms with Crippen LogP contribution in [0.2, 0.25) is 0 Å². The van der Waals surface area contributed by atoms with Crippen LogP contribution < -0.4 is 14.8 Å². The molecular weight excluding hydrogens is 404 g/mol. The molecule has 172 valence electrons. The van der Waals surface area contributed by atoms with Crippen molar-refractivity contribution in [1.82, 2.24) is 10.2 Å². The SMILES string of the molecule is CCCCOc1ccc(/C=C/C(=O)NCc2ccc(C(=O)N(C)C(C)C)cc2)cc1OC. The van der Waals surface area contributed by atoms with Gasteiger partial charge in [-0.1, -0.05) is 31.5 Å². The van der Waals surface area contributed by atoms with Crippen molar-refractivity contribution in [3.05, 3.63) is 65.2 Å². The summed E-state index contributed by atoms with van der Waals surface area (Å²) >= 11 is 0. The molecule has 32 heavy (non-hydrogen) atoms. The quantitative estimate of drug-likeness (QED) is 0.408. The van der Waals surface area contributed by atoms with E-state index in [4.69, 9.17) is 9.47 Å². The number of benzene rings is 2. The van der Waals surface area contributed by atoms with Crippen LogP contribution in [0.5, 0.6) is 11.5 Å². The zero-order valence-corrected chi connectivity index (χ0v) is 19.7. The van der Waals surface area contributed by atoms with Crippen molar-refractivity contribution in [2.24, 2.45) is 0 Å². The largest absolute Gasteiger partial charge is 0.493 e. The lowest BCUT2D eigenvalue weighted by Crippen LogP contribution is -2.32. The summed E-state index contributed by atoms with van der Waals surface area (Å²) in [6.45, 7) is 7.09. The molecule has 0 aliphatic carbocycles. The maximum Gasteiger partial charge on any atom is 0.253 e. The summed E-state index contributed by atoms with van der Waals surface area (Å²) in [6.07, 6.45) is 5.27. The van der Waals surface area contributed by atoms with Crippen LogP contribution in [0.3, 0.4) is 0 Å². The van der Waals surface area contributed by atoms with Crippen LogP contribution >= 0.6 is 0 Å².